The number of hydrogen-bond donors (Lipinski definition) is 0. The summed E-state index contributed by atoms with van der Waals surface area (Å²) < 4.78 is 12.8. The van der Waals surface area contributed by atoms with Gasteiger partial charge in [-0.05, 0) is 108 Å². The van der Waals surface area contributed by atoms with Gasteiger partial charge >= 0.3 is 7.12 Å². The van der Waals surface area contributed by atoms with Gasteiger partial charge in [-0.3, -0.25) is 0 Å². The molecule has 1 fully saturated rings. The monoisotopic (exact) mass is 434 g/mol. The summed E-state index contributed by atoms with van der Waals surface area (Å²) in [5, 5.41) is 5.62. The second-order valence-electron chi connectivity index (χ2n) is 10.6. The first-order valence-corrected chi connectivity index (χ1v) is 12.3. The molecule has 1 saturated heterocycles. The maximum absolute atomic E-state index is 6.42. The fourth-order valence-electron chi connectivity index (χ4n) is 5.52. The number of hydrogen-bond acceptors (Lipinski definition) is 2. The van der Waals surface area contributed by atoms with E-state index in [-0.39, 0.29) is 18.3 Å². The first-order chi connectivity index (χ1) is 15.9. The maximum Gasteiger partial charge on any atom is 0.495 e. The Kier molecular flexibility index (Phi) is 4.73. The first kappa shape index (κ1) is 21.0. The van der Waals surface area contributed by atoms with E-state index in [0.717, 1.165) is 31.1 Å². The van der Waals surface area contributed by atoms with Gasteiger partial charge in [-0.2, -0.15) is 0 Å². The van der Waals surface area contributed by atoms with Crippen LogP contribution in [0.3, 0.4) is 0 Å². The van der Waals surface area contributed by atoms with Crippen molar-refractivity contribution in [2.45, 2.75) is 64.6 Å². The molecular formula is C30H31BO2. The highest BCUT2D eigenvalue weighted by Gasteiger charge is 2.52. The lowest BCUT2D eigenvalue weighted by Gasteiger charge is -2.32. The summed E-state index contributed by atoms with van der Waals surface area (Å²) in [4.78, 5) is 0. The van der Waals surface area contributed by atoms with Gasteiger partial charge in [-0.15, -0.1) is 0 Å². The van der Waals surface area contributed by atoms with Gasteiger partial charge in [0.25, 0.3) is 0 Å². The Labute approximate surface area is 196 Å². The zero-order valence-corrected chi connectivity index (χ0v) is 20.1. The molecule has 33 heavy (non-hydrogen) atoms. The molecule has 3 aliphatic rings. The summed E-state index contributed by atoms with van der Waals surface area (Å²) >= 11 is 0. The minimum Gasteiger partial charge on any atom is -0.399 e. The fraction of sp³-hybridized carbons (Fsp3) is 0.333. The predicted molar refractivity (Wildman–Crippen MR) is 140 cm³/mol. The average molecular weight is 434 g/mol. The van der Waals surface area contributed by atoms with Gasteiger partial charge in [0, 0.05) is 0 Å². The molecule has 6 rings (SSSR count). The van der Waals surface area contributed by atoms with Gasteiger partial charge < -0.3 is 9.31 Å². The third-order valence-corrected chi connectivity index (χ3v) is 8.03. The standard InChI is InChI=1S/C30H31BO2/c1-29(2)30(3,4)33-31(32-29)28-16-10-9-11-21(28)20-17-18-26-24-14-6-5-12-22(24)23-13-7-8-15-25(23)27(26)19-20/h8-12,14-19H,5-7,13H2,1-4H3. The zero-order chi connectivity index (χ0) is 22.8. The topological polar surface area (TPSA) is 18.5 Å². The first-order valence-electron chi connectivity index (χ1n) is 12.3. The summed E-state index contributed by atoms with van der Waals surface area (Å²) in [5.74, 6) is 0. The molecular weight excluding hydrogens is 403 g/mol. The normalized spacial score (nSPS) is 20.2. The van der Waals surface area contributed by atoms with Gasteiger partial charge in [0.2, 0.25) is 0 Å². The molecule has 1 heterocycles. The van der Waals surface area contributed by atoms with Crippen LogP contribution in [-0.4, -0.2) is 18.3 Å². The van der Waals surface area contributed by atoms with Crippen molar-refractivity contribution in [1.29, 1.82) is 0 Å². The lowest BCUT2D eigenvalue weighted by molar-refractivity contribution is 0.00578. The van der Waals surface area contributed by atoms with E-state index in [1.54, 1.807) is 0 Å². The van der Waals surface area contributed by atoms with Crippen molar-refractivity contribution in [3.63, 3.8) is 0 Å². The Bertz CT molecular complexity index is 1410. The third-order valence-electron chi connectivity index (χ3n) is 8.03. The second-order valence-corrected chi connectivity index (χ2v) is 10.6. The average Bonchev–Trinajstić information content (AvgIpc) is 3.05. The summed E-state index contributed by atoms with van der Waals surface area (Å²) in [7, 11) is -0.373. The second kappa shape index (κ2) is 7.45. The van der Waals surface area contributed by atoms with Crippen molar-refractivity contribution < 1.29 is 9.31 Å². The van der Waals surface area contributed by atoms with Crippen molar-refractivity contribution in [3.8, 4) is 11.1 Å². The summed E-state index contributed by atoms with van der Waals surface area (Å²) in [6, 6.07) is 15.5. The van der Waals surface area contributed by atoms with Crippen LogP contribution in [0.4, 0.5) is 0 Å². The van der Waals surface area contributed by atoms with Crippen molar-refractivity contribution in [2.75, 3.05) is 0 Å². The Morgan fingerprint density at radius 2 is 1.52 bits per heavy atom. The van der Waals surface area contributed by atoms with Gasteiger partial charge in [0.1, 0.15) is 0 Å². The van der Waals surface area contributed by atoms with Crippen LogP contribution in [0.5, 0.6) is 0 Å². The van der Waals surface area contributed by atoms with Gasteiger partial charge in [-0.1, -0.05) is 60.7 Å². The highest BCUT2D eigenvalue weighted by molar-refractivity contribution is 6.63. The van der Waals surface area contributed by atoms with E-state index in [1.807, 2.05) is 0 Å². The molecule has 0 spiro atoms. The van der Waals surface area contributed by atoms with E-state index in [9.17, 15) is 0 Å². The van der Waals surface area contributed by atoms with Gasteiger partial charge in [0.05, 0.1) is 11.2 Å². The smallest absolute Gasteiger partial charge is 0.399 e. The fourth-order valence-corrected chi connectivity index (χ4v) is 5.52. The SMILES string of the molecule is CC1(C)OB(c2ccccc2-c2ccc3c4c(c5c(c3c2)C=CCC5)=CCCC=4)OC1(C)C. The van der Waals surface area contributed by atoms with Crippen molar-refractivity contribution >= 4 is 41.6 Å². The number of allylic oxidation sites excluding steroid dienone is 1. The molecule has 0 bridgehead atoms. The van der Waals surface area contributed by atoms with E-state index in [0.29, 0.717) is 0 Å². The maximum atomic E-state index is 6.42. The van der Waals surface area contributed by atoms with E-state index in [1.165, 1.54) is 43.5 Å². The zero-order valence-electron chi connectivity index (χ0n) is 20.1. The summed E-state index contributed by atoms with van der Waals surface area (Å²) in [6.45, 7) is 8.45. The molecule has 0 aromatic heterocycles. The molecule has 0 radical (unpaired) electrons. The molecule has 0 amide bonds. The molecule has 3 aromatic rings. The van der Waals surface area contributed by atoms with E-state index >= 15 is 0 Å². The lowest BCUT2D eigenvalue weighted by atomic mass is 9.74. The van der Waals surface area contributed by atoms with Crippen LogP contribution >= 0.6 is 0 Å². The van der Waals surface area contributed by atoms with Crippen LogP contribution < -0.4 is 15.9 Å². The number of fused-ring (bicyclic) bond motifs is 6. The van der Waals surface area contributed by atoms with Crippen LogP contribution in [0.15, 0.2) is 48.5 Å². The highest BCUT2D eigenvalue weighted by atomic mass is 16.7. The van der Waals surface area contributed by atoms with Crippen molar-refractivity contribution in [2.24, 2.45) is 0 Å². The molecule has 0 atom stereocenters. The van der Waals surface area contributed by atoms with E-state index in [2.05, 4.69) is 94.5 Å². The van der Waals surface area contributed by atoms with Crippen LogP contribution in [0.1, 0.15) is 58.1 Å². The van der Waals surface area contributed by atoms with Crippen LogP contribution in [0.2, 0.25) is 0 Å². The molecule has 166 valence electrons. The molecule has 3 heteroatoms. The quantitative estimate of drug-likeness (QED) is 0.522. The van der Waals surface area contributed by atoms with Crippen molar-refractivity contribution in [3.05, 3.63) is 70.1 Å². The molecule has 0 unspecified atom stereocenters. The van der Waals surface area contributed by atoms with Crippen LogP contribution in [-0.2, 0) is 15.7 Å². The van der Waals surface area contributed by atoms with E-state index < -0.39 is 0 Å². The molecule has 2 nitrogen and oxygen atoms in total. The summed E-state index contributed by atoms with van der Waals surface area (Å²) in [6.07, 6.45) is 14.1. The third kappa shape index (κ3) is 3.25. The lowest BCUT2D eigenvalue weighted by Crippen LogP contribution is -2.41. The minimum absolute atomic E-state index is 0.358. The Hall–Kier alpha value is -2.62. The van der Waals surface area contributed by atoms with Crippen LogP contribution in [0.25, 0.3) is 40.1 Å². The predicted octanol–water partition coefficient (Wildman–Crippen LogP) is 5.12. The molecule has 0 N–H and O–H groups in total. The Morgan fingerprint density at radius 1 is 0.788 bits per heavy atom. The molecule has 0 saturated carbocycles. The van der Waals surface area contributed by atoms with Crippen molar-refractivity contribution in [1.82, 2.24) is 0 Å². The van der Waals surface area contributed by atoms with Gasteiger partial charge in [-0.25, -0.2) is 0 Å². The molecule has 2 aliphatic carbocycles. The minimum atomic E-state index is -0.373. The largest absolute Gasteiger partial charge is 0.495 e. The molecule has 3 aromatic carbocycles. The van der Waals surface area contributed by atoms with Crippen LogP contribution in [0, 0.1) is 0 Å². The number of benzene rings is 3. The summed E-state index contributed by atoms with van der Waals surface area (Å²) in [5.41, 5.74) is 5.70. The Morgan fingerprint density at radius 3 is 2.30 bits per heavy atom. The van der Waals surface area contributed by atoms with Gasteiger partial charge in [0.15, 0.2) is 0 Å². The highest BCUT2D eigenvalue weighted by Crippen LogP contribution is 2.37. The van der Waals surface area contributed by atoms with E-state index in [4.69, 9.17) is 9.31 Å². The molecule has 1 aliphatic heterocycles. The number of rotatable bonds is 2. The Balaban J connectivity index is 1.55.